The predicted molar refractivity (Wildman–Crippen MR) is 105 cm³/mol. The molecule has 6 nitrogen and oxygen atoms in total. The highest BCUT2D eigenvalue weighted by molar-refractivity contribution is 6.02. The molecule has 0 unspecified atom stereocenters. The number of hydrogen-bond donors (Lipinski definition) is 1. The van der Waals surface area contributed by atoms with Crippen molar-refractivity contribution < 1.29 is 18.4 Å². The first-order valence-corrected chi connectivity index (χ1v) is 8.84. The van der Waals surface area contributed by atoms with Crippen molar-refractivity contribution >= 4 is 11.6 Å². The van der Waals surface area contributed by atoms with E-state index in [2.05, 4.69) is 15.5 Å². The molecule has 0 atom stereocenters. The quantitative estimate of drug-likeness (QED) is 0.517. The van der Waals surface area contributed by atoms with Crippen LogP contribution < -0.4 is 10.1 Å². The van der Waals surface area contributed by atoms with Gasteiger partial charge in [-0.1, -0.05) is 29.4 Å². The summed E-state index contributed by atoms with van der Waals surface area (Å²) in [6.45, 7) is 0.317. The van der Waals surface area contributed by atoms with Crippen molar-refractivity contribution in [3.63, 3.8) is 0 Å². The summed E-state index contributed by atoms with van der Waals surface area (Å²) in [6, 6.07) is 19.9. The zero-order valence-corrected chi connectivity index (χ0v) is 15.2. The zero-order chi connectivity index (χ0) is 20.1. The van der Waals surface area contributed by atoms with Crippen LogP contribution in [0.15, 0.2) is 83.5 Å². The van der Waals surface area contributed by atoms with Gasteiger partial charge < -0.3 is 14.6 Å². The van der Waals surface area contributed by atoms with E-state index in [0.717, 1.165) is 5.69 Å². The molecule has 7 heteroatoms. The SMILES string of the molecule is O=C(Nc1cccc(OCc2ccccn2)c1)c1cc(-c2cccc(F)c2)no1. The monoisotopic (exact) mass is 389 g/mol. The molecule has 144 valence electrons. The van der Waals surface area contributed by atoms with Crippen LogP contribution in [0.25, 0.3) is 11.3 Å². The lowest BCUT2D eigenvalue weighted by Crippen LogP contribution is -2.11. The van der Waals surface area contributed by atoms with Gasteiger partial charge in [-0.2, -0.15) is 0 Å². The fourth-order valence-corrected chi connectivity index (χ4v) is 2.66. The van der Waals surface area contributed by atoms with Gasteiger partial charge in [0.05, 0.1) is 5.69 Å². The van der Waals surface area contributed by atoms with Crippen molar-refractivity contribution in [2.75, 3.05) is 5.32 Å². The second-order valence-corrected chi connectivity index (χ2v) is 6.18. The lowest BCUT2D eigenvalue weighted by Gasteiger charge is -2.08. The third kappa shape index (κ3) is 4.65. The summed E-state index contributed by atoms with van der Waals surface area (Å²) in [4.78, 5) is 16.6. The molecule has 1 N–H and O–H groups in total. The Balaban J connectivity index is 1.42. The first-order chi connectivity index (χ1) is 14.2. The number of amides is 1. The Morgan fingerprint density at radius 2 is 1.93 bits per heavy atom. The number of halogens is 1. The number of pyridine rings is 1. The van der Waals surface area contributed by atoms with Gasteiger partial charge >= 0.3 is 0 Å². The summed E-state index contributed by atoms with van der Waals surface area (Å²) < 4.78 is 24.2. The number of rotatable bonds is 6. The summed E-state index contributed by atoms with van der Waals surface area (Å²) in [5.41, 5.74) is 2.24. The number of benzene rings is 2. The Kier molecular flexibility index (Phi) is 5.29. The van der Waals surface area contributed by atoms with Gasteiger partial charge in [0.25, 0.3) is 5.91 Å². The fourth-order valence-electron chi connectivity index (χ4n) is 2.66. The van der Waals surface area contributed by atoms with E-state index in [1.807, 2.05) is 18.2 Å². The van der Waals surface area contributed by atoms with Crippen LogP contribution in [0.4, 0.5) is 10.1 Å². The van der Waals surface area contributed by atoms with E-state index in [1.165, 1.54) is 18.2 Å². The average molecular weight is 389 g/mol. The average Bonchev–Trinajstić information content (AvgIpc) is 3.24. The number of carbonyl (C=O) groups excluding carboxylic acids is 1. The van der Waals surface area contributed by atoms with Crippen LogP contribution in [0.1, 0.15) is 16.2 Å². The number of nitrogens with one attached hydrogen (secondary N) is 1. The highest BCUT2D eigenvalue weighted by Crippen LogP contribution is 2.22. The van der Waals surface area contributed by atoms with Gasteiger partial charge in [0.15, 0.2) is 0 Å². The van der Waals surface area contributed by atoms with Crippen molar-refractivity contribution in [3.8, 4) is 17.0 Å². The van der Waals surface area contributed by atoms with Crippen LogP contribution in [0, 0.1) is 5.82 Å². The molecular formula is C22H16FN3O3. The molecule has 0 aliphatic heterocycles. The first-order valence-electron chi connectivity index (χ1n) is 8.84. The van der Waals surface area contributed by atoms with E-state index < -0.39 is 5.91 Å². The van der Waals surface area contributed by atoms with Crippen LogP contribution in [-0.4, -0.2) is 16.0 Å². The normalized spacial score (nSPS) is 10.5. The topological polar surface area (TPSA) is 77.2 Å². The molecule has 0 spiro atoms. The van der Waals surface area contributed by atoms with Gasteiger partial charge in [-0.3, -0.25) is 9.78 Å². The Morgan fingerprint density at radius 3 is 2.76 bits per heavy atom. The van der Waals surface area contributed by atoms with Gasteiger partial charge in [-0.15, -0.1) is 0 Å². The van der Waals surface area contributed by atoms with Gasteiger partial charge in [0, 0.05) is 29.6 Å². The van der Waals surface area contributed by atoms with Crippen LogP contribution in [0.2, 0.25) is 0 Å². The highest BCUT2D eigenvalue weighted by atomic mass is 19.1. The molecule has 0 saturated heterocycles. The molecular weight excluding hydrogens is 373 g/mol. The van der Waals surface area contributed by atoms with Crippen LogP contribution >= 0.6 is 0 Å². The molecule has 2 aromatic heterocycles. The molecule has 4 rings (SSSR count). The minimum Gasteiger partial charge on any atom is -0.487 e. The number of carbonyl (C=O) groups is 1. The van der Waals surface area contributed by atoms with E-state index in [0.29, 0.717) is 29.3 Å². The van der Waals surface area contributed by atoms with Crippen molar-refractivity contribution in [1.29, 1.82) is 0 Å². The number of hydrogen-bond acceptors (Lipinski definition) is 5. The molecule has 0 radical (unpaired) electrons. The standard InChI is InChI=1S/C22H16FN3O3/c23-16-6-3-5-15(11-16)20-13-21(29-26-20)22(27)25-17-8-4-9-19(12-17)28-14-18-7-1-2-10-24-18/h1-13H,14H2,(H,25,27). The van der Waals surface area contributed by atoms with Gasteiger partial charge in [0.2, 0.25) is 5.76 Å². The van der Waals surface area contributed by atoms with Crippen molar-refractivity contribution in [1.82, 2.24) is 10.1 Å². The summed E-state index contributed by atoms with van der Waals surface area (Å²) in [6.07, 6.45) is 1.70. The number of anilines is 1. The van der Waals surface area contributed by atoms with Crippen molar-refractivity contribution in [3.05, 3.63) is 96.3 Å². The van der Waals surface area contributed by atoms with Crippen molar-refractivity contribution in [2.45, 2.75) is 6.61 Å². The van der Waals surface area contributed by atoms with Crippen LogP contribution in [0.5, 0.6) is 5.75 Å². The molecule has 0 aliphatic carbocycles. The lowest BCUT2D eigenvalue weighted by molar-refractivity contribution is 0.0988. The van der Waals surface area contributed by atoms with E-state index in [-0.39, 0.29) is 11.6 Å². The molecule has 1 amide bonds. The maximum Gasteiger partial charge on any atom is 0.294 e. The summed E-state index contributed by atoms with van der Waals surface area (Å²) in [5.74, 6) is -0.253. The summed E-state index contributed by atoms with van der Waals surface area (Å²) >= 11 is 0. The van der Waals surface area contributed by atoms with Gasteiger partial charge in [-0.05, 0) is 36.4 Å². The Hall–Kier alpha value is -4.00. The lowest BCUT2D eigenvalue weighted by atomic mass is 10.1. The third-order valence-electron chi connectivity index (χ3n) is 4.06. The smallest absolute Gasteiger partial charge is 0.294 e. The minimum atomic E-state index is -0.470. The molecule has 0 saturated carbocycles. The zero-order valence-electron chi connectivity index (χ0n) is 15.2. The van der Waals surface area contributed by atoms with E-state index in [9.17, 15) is 9.18 Å². The number of aromatic nitrogens is 2. The number of ether oxygens (including phenoxy) is 1. The summed E-state index contributed by atoms with van der Waals surface area (Å²) in [5, 5.41) is 6.57. The van der Waals surface area contributed by atoms with Crippen molar-refractivity contribution in [2.24, 2.45) is 0 Å². The fraction of sp³-hybridized carbons (Fsp3) is 0.0455. The van der Waals surface area contributed by atoms with Gasteiger partial charge in [-0.25, -0.2) is 4.39 Å². The third-order valence-corrected chi connectivity index (χ3v) is 4.06. The van der Waals surface area contributed by atoms with Crippen LogP contribution in [0.3, 0.4) is 0 Å². The molecule has 2 heterocycles. The van der Waals surface area contributed by atoms with Gasteiger partial charge in [0.1, 0.15) is 23.9 Å². The Morgan fingerprint density at radius 1 is 1.03 bits per heavy atom. The Labute approximate surface area is 166 Å². The largest absolute Gasteiger partial charge is 0.487 e. The van der Waals surface area contributed by atoms with Crippen LogP contribution in [-0.2, 0) is 6.61 Å². The molecule has 0 fully saturated rings. The second kappa shape index (κ2) is 8.35. The highest BCUT2D eigenvalue weighted by Gasteiger charge is 2.15. The summed E-state index contributed by atoms with van der Waals surface area (Å²) in [7, 11) is 0. The Bertz CT molecular complexity index is 1130. The van der Waals surface area contributed by atoms with E-state index in [1.54, 1.807) is 42.6 Å². The molecule has 29 heavy (non-hydrogen) atoms. The maximum atomic E-state index is 13.4. The maximum absolute atomic E-state index is 13.4. The van der Waals surface area contributed by atoms with E-state index in [4.69, 9.17) is 9.26 Å². The molecule has 4 aromatic rings. The minimum absolute atomic E-state index is 0.0177. The van der Waals surface area contributed by atoms with E-state index >= 15 is 0 Å². The predicted octanol–water partition coefficient (Wildman–Crippen LogP) is 4.71. The first kappa shape index (κ1) is 18.4. The second-order valence-electron chi connectivity index (χ2n) is 6.18. The number of nitrogens with zero attached hydrogens (tertiary/aromatic N) is 2. The molecule has 0 aliphatic rings. The molecule has 0 bridgehead atoms. The molecule has 2 aromatic carbocycles.